The summed E-state index contributed by atoms with van der Waals surface area (Å²) in [5.41, 5.74) is 0.778. The number of carbonyl (C=O) groups excluding carboxylic acids is 1. The lowest BCUT2D eigenvalue weighted by Crippen LogP contribution is -2.26. The molecule has 0 unspecified atom stereocenters. The van der Waals surface area contributed by atoms with Crippen LogP contribution in [-0.4, -0.2) is 36.9 Å². The second-order valence-electron chi connectivity index (χ2n) is 5.10. The van der Waals surface area contributed by atoms with E-state index in [0.29, 0.717) is 22.6 Å². The summed E-state index contributed by atoms with van der Waals surface area (Å²) in [4.78, 5) is 21.9. The smallest absolute Gasteiger partial charge is 0.358 e. The highest BCUT2D eigenvalue weighted by molar-refractivity contribution is 9.10. The standard InChI is InChI=1S/C13H16BrClN6O3/c1-9-11(15)8-19(17-9)5-2-4-16-12(22)3-6-20-7-10(14)13(18-20)21(23)24/h7-8H,2-6H2,1H3,(H,16,22). The van der Waals surface area contributed by atoms with Crippen LogP contribution in [0.15, 0.2) is 16.9 Å². The van der Waals surface area contributed by atoms with E-state index in [2.05, 4.69) is 31.4 Å². The van der Waals surface area contributed by atoms with Gasteiger partial charge in [-0.05, 0) is 34.2 Å². The SMILES string of the molecule is Cc1nn(CCCNC(=O)CCn2cc(Br)c([N+](=O)[O-])n2)cc1Cl. The molecule has 2 rings (SSSR count). The van der Waals surface area contributed by atoms with Crippen LogP contribution in [0, 0.1) is 17.0 Å². The zero-order chi connectivity index (χ0) is 17.7. The van der Waals surface area contributed by atoms with Crippen molar-refractivity contribution in [2.75, 3.05) is 6.54 Å². The molecule has 0 bridgehead atoms. The predicted octanol–water partition coefficient (Wildman–Crippen LogP) is 2.31. The molecular weight excluding hydrogens is 404 g/mol. The molecule has 2 aromatic rings. The fraction of sp³-hybridized carbons (Fsp3) is 0.462. The first-order valence-corrected chi connectivity index (χ1v) is 8.37. The summed E-state index contributed by atoms with van der Waals surface area (Å²) < 4.78 is 3.40. The van der Waals surface area contributed by atoms with Crippen LogP contribution >= 0.6 is 27.5 Å². The van der Waals surface area contributed by atoms with Gasteiger partial charge < -0.3 is 15.4 Å². The zero-order valence-corrected chi connectivity index (χ0v) is 15.2. The molecule has 2 aromatic heterocycles. The Morgan fingerprint density at radius 2 is 2.08 bits per heavy atom. The average Bonchev–Trinajstić information content (AvgIpc) is 3.04. The highest BCUT2D eigenvalue weighted by atomic mass is 79.9. The van der Waals surface area contributed by atoms with Crippen molar-refractivity contribution < 1.29 is 9.72 Å². The van der Waals surface area contributed by atoms with Gasteiger partial charge in [-0.3, -0.25) is 9.48 Å². The molecule has 1 N–H and O–H groups in total. The van der Waals surface area contributed by atoms with E-state index in [1.807, 2.05) is 6.92 Å². The predicted molar refractivity (Wildman–Crippen MR) is 90.8 cm³/mol. The van der Waals surface area contributed by atoms with Gasteiger partial charge in [0.05, 0.1) is 28.6 Å². The van der Waals surface area contributed by atoms with E-state index >= 15 is 0 Å². The number of hydrogen-bond donors (Lipinski definition) is 1. The summed E-state index contributed by atoms with van der Waals surface area (Å²) in [5.74, 6) is -0.400. The Bertz CT molecular complexity index is 725. The quantitative estimate of drug-likeness (QED) is 0.401. The highest BCUT2D eigenvalue weighted by Crippen LogP contribution is 2.21. The summed E-state index contributed by atoms with van der Waals surface area (Å²) in [6.45, 7) is 3.27. The molecule has 24 heavy (non-hydrogen) atoms. The van der Waals surface area contributed by atoms with E-state index in [9.17, 15) is 14.9 Å². The Morgan fingerprint density at radius 1 is 1.38 bits per heavy atom. The number of nitrogens with one attached hydrogen (secondary N) is 1. The maximum Gasteiger partial charge on any atom is 0.404 e. The maximum atomic E-state index is 11.8. The van der Waals surface area contributed by atoms with Crippen molar-refractivity contribution in [1.29, 1.82) is 0 Å². The van der Waals surface area contributed by atoms with Gasteiger partial charge in [-0.15, -0.1) is 0 Å². The number of rotatable bonds is 8. The second kappa shape index (κ2) is 8.25. The number of nitro groups is 1. The number of amides is 1. The van der Waals surface area contributed by atoms with E-state index < -0.39 is 4.92 Å². The Morgan fingerprint density at radius 3 is 2.67 bits per heavy atom. The van der Waals surface area contributed by atoms with Gasteiger partial charge in [0.25, 0.3) is 0 Å². The van der Waals surface area contributed by atoms with Crippen LogP contribution in [0.2, 0.25) is 5.02 Å². The van der Waals surface area contributed by atoms with E-state index in [0.717, 1.165) is 12.1 Å². The Labute approximate surface area is 151 Å². The fourth-order valence-corrected chi connectivity index (χ4v) is 2.62. The van der Waals surface area contributed by atoms with Gasteiger partial charge in [-0.1, -0.05) is 11.6 Å². The number of hydrogen-bond acceptors (Lipinski definition) is 5. The van der Waals surface area contributed by atoms with E-state index in [1.165, 1.54) is 10.9 Å². The van der Waals surface area contributed by atoms with Gasteiger partial charge in [0.2, 0.25) is 5.91 Å². The summed E-state index contributed by atoms with van der Waals surface area (Å²) in [6, 6.07) is 0. The second-order valence-corrected chi connectivity index (χ2v) is 6.36. The van der Waals surface area contributed by atoms with E-state index in [4.69, 9.17) is 11.6 Å². The molecule has 1 amide bonds. The van der Waals surface area contributed by atoms with Gasteiger partial charge in [0.1, 0.15) is 4.47 Å². The first kappa shape index (κ1) is 18.4. The van der Waals surface area contributed by atoms with Crippen molar-refractivity contribution >= 4 is 39.3 Å². The molecule has 0 saturated carbocycles. The maximum absolute atomic E-state index is 11.8. The monoisotopic (exact) mass is 418 g/mol. The van der Waals surface area contributed by atoms with Crippen LogP contribution in [0.3, 0.4) is 0 Å². The third-order valence-corrected chi connectivity index (χ3v) is 4.14. The van der Waals surface area contributed by atoms with Gasteiger partial charge in [-0.25, -0.2) is 0 Å². The van der Waals surface area contributed by atoms with Crippen LogP contribution in [0.5, 0.6) is 0 Å². The lowest BCUT2D eigenvalue weighted by atomic mass is 10.3. The summed E-state index contributed by atoms with van der Waals surface area (Å²) in [6.07, 6.45) is 4.15. The van der Waals surface area contributed by atoms with Crippen molar-refractivity contribution in [2.24, 2.45) is 0 Å². The van der Waals surface area contributed by atoms with Crippen molar-refractivity contribution in [3.8, 4) is 0 Å². The highest BCUT2D eigenvalue weighted by Gasteiger charge is 2.18. The van der Waals surface area contributed by atoms with Gasteiger partial charge in [-0.2, -0.15) is 9.78 Å². The van der Waals surface area contributed by atoms with Crippen molar-refractivity contribution in [1.82, 2.24) is 24.9 Å². The number of aryl methyl sites for hydroxylation is 3. The Kier molecular flexibility index (Phi) is 6.32. The lowest BCUT2D eigenvalue weighted by Gasteiger charge is -2.05. The molecule has 0 spiro atoms. The number of carbonyl (C=O) groups is 1. The molecule has 11 heteroatoms. The summed E-state index contributed by atoms with van der Waals surface area (Å²) in [5, 5.41) is 22.1. The summed E-state index contributed by atoms with van der Waals surface area (Å²) >= 11 is 8.98. The van der Waals surface area contributed by atoms with E-state index in [-0.39, 0.29) is 24.7 Å². The minimum Gasteiger partial charge on any atom is -0.358 e. The molecule has 0 aromatic carbocycles. The van der Waals surface area contributed by atoms with Crippen LogP contribution in [0.1, 0.15) is 18.5 Å². The van der Waals surface area contributed by atoms with Crippen LogP contribution in [0.25, 0.3) is 0 Å². The molecule has 0 aliphatic rings. The van der Waals surface area contributed by atoms with Gasteiger partial charge >= 0.3 is 5.82 Å². The van der Waals surface area contributed by atoms with E-state index in [1.54, 1.807) is 10.9 Å². The Hall–Kier alpha value is -1.94. The molecule has 0 atom stereocenters. The summed E-state index contributed by atoms with van der Waals surface area (Å²) in [7, 11) is 0. The van der Waals surface area contributed by atoms with Crippen molar-refractivity contribution in [3.63, 3.8) is 0 Å². The largest absolute Gasteiger partial charge is 0.404 e. The minimum atomic E-state index is -0.579. The van der Waals surface area contributed by atoms with Crippen molar-refractivity contribution in [2.45, 2.75) is 32.9 Å². The lowest BCUT2D eigenvalue weighted by molar-refractivity contribution is -0.390. The normalized spacial score (nSPS) is 10.8. The molecule has 130 valence electrons. The average molecular weight is 420 g/mol. The van der Waals surface area contributed by atoms with Gasteiger partial charge in [0, 0.05) is 25.7 Å². The molecule has 9 nitrogen and oxygen atoms in total. The number of nitrogens with zero attached hydrogens (tertiary/aromatic N) is 5. The molecule has 0 radical (unpaired) electrons. The third kappa shape index (κ3) is 5.03. The molecule has 0 fully saturated rings. The Balaban J connectivity index is 1.68. The van der Waals surface area contributed by atoms with Crippen LogP contribution in [-0.2, 0) is 17.9 Å². The molecular formula is C13H16BrClN6O3. The first-order chi connectivity index (χ1) is 11.4. The first-order valence-electron chi connectivity index (χ1n) is 7.20. The van der Waals surface area contributed by atoms with Crippen molar-refractivity contribution in [3.05, 3.63) is 37.7 Å². The topological polar surface area (TPSA) is 108 Å². The molecule has 0 aliphatic carbocycles. The fourth-order valence-electron chi connectivity index (χ4n) is 2.01. The molecule has 0 saturated heterocycles. The number of aromatic nitrogens is 4. The molecule has 2 heterocycles. The minimum absolute atomic E-state index is 0.140. The third-order valence-electron chi connectivity index (χ3n) is 3.21. The molecule has 0 aliphatic heterocycles. The van der Waals surface area contributed by atoms with Crippen LogP contribution in [0.4, 0.5) is 5.82 Å². The van der Waals surface area contributed by atoms with Gasteiger partial charge in [0.15, 0.2) is 0 Å². The van der Waals surface area contributed by atoms with Crippen LogP contribution < -0.4 is 5.32 Å². The zero-order valence-electron chi connectivity index (χ0n) is 12.9. The number of halogens is 2.